The molecule has 3 rings (SSSR count). The third-order valence-electron chi connectivity index (χ3n) is 5.99. The summed E-state index contributed by atoms with van der Waals surface area (Å²) in [5.41, 5.74) is 5.16. The molecule has 158 valence electrons. The standard InChI is InChI=1S/C25H31N3O2/c1-19(2)21(4)27(16-22-10-12-24(13-11-22)28(29)30)18-25-9-6-14-26(25)17-23-8-5-7-20(3)15-23/h5-15,19,21H,16-18H2,1-4H3/p+1/t21-/m0/s1. The molecule has 0 saturated carbocycles. The summed E-state index contributed by atoms with van der Waals surface area (Å²) in [6.07, 6.45) is 2.15. The first-order valence-corrected chi connectivity index (χ1v) is 10.6. The average Bonchev–Trinajstić information content (AvgIpc) is 3.13. The average molecular weight is 407 g/mol. The normalized spacial score (nSPS) is 13.4. The highest BCUT2D eigenvalue weighted by molar-refractivity contribution is 5.32. The van der Waals surface area contributed by atoms with Gasteiger partial charge in [-0.3, -0.25) is 10.1 Å². The Hall–Kier alpha value is -2.92. The predicted molar refractivity (Wildman–Crippen MR) is 120 cm³/mol. The van der Waals surface area contributed by atoms with E-state index in [0.717, 1.165) is 25.2 Å². The molecular formula is C25H32N3O2+. The van der Waals surface area contributed by atoms with Gasteiger partial charge in [0.1, 0.15) is 13.1 Å². The summed E-state index contributed by atoms with van der Waals surface area (Å²) in [7, 11) is 0. The van der Waals surface area contributed by atoms with Crippen molar-refractivity contribution in [1.82, 2.24) is 4.57 Å². The Morgan fingerprint density at radius 2 is 1.70 bits per heavy atom. The molecule has 1 heterocycles. The minimum atomic E-state index is -0.344. The van der Waals surface area contributed by atoms with Gasteiger partial charge in [-0.25, -0.2) is 0 Å². The maximum absolute atomic E-state index is 10.9. The zero-order valence-corrected chi connectivity index (χ0v) is 18.3. The molecule has 5 heteroatoms. The van der Waals surface area contributed by atoms with E-state index in [0.29, 0.717) is 12.0 Å². The highest BCUT2D eigenvalue weighted by Gasteiger charge is 2.23. The number of benzene rings is 2. The fourth-order valence-electron chi connectivity index (χ4n) is 3.86. The molecule has 0 aliphatic rings. The summed E-state index contributed by atoms with van der Waals surface area (Å²) in [6, 6.07) is 20.4. The summed E-state index contributed by atoms with van der Waals surface area (Å²) in [5, 5.41) is 10.9. The molecule has 0 fully saturated rings. The third kappa shape index (κ3) is 5.57. The third-order valence-corrected chi connectivity index (χ3v) is 5.99. The number of aromatic nitrogens is 1. The molecule has 2 atom stereocenters. The Morgan fingerprint density at radius 1 is 0.967 bits per heavy atom. The van der Waals surface area contributed by atoms with E-state index in [1.807, 2.05) is 12.1 Å². The molecule has 30 heavy (non-hydrogen) atoms. The molecule has 1 aromatic heterocycles. The summed E-state index contributed by atoms with van der Waals surface area (Å²) >= 11 is 0. The zero-order valence-electron chi connectivity index (χ0n) is 18.3. The molecule has 0 spiro atoms. The quantitative estimate of drug-likeness (QED) is 0.423. The van der Waals surface area contributed by atoms with Crippen LogP contribution in [0.2, 0.25) is 0 Å². The van der Waals surface area contributed by atoms with Crippen LogP contribution < -0.4 is 4.90 Å². The van der Waals surface area contributed by atoms with Gasteiger partial charge in [0.2, 0.25) is 0 Å². The SMILES string of the molecule is Cc1cccc(Cn2cccc2C[NH+](Cc2ccc([N+](=O)[O-])cc2)[C@@H](C)C(C)C)c1. The van der Waals surface area contributed by atoms with Crippen LogP contribution >= 0.6 is 0 Å². The van der Waals surface area contributed by atoms with Crippen molar-refractivity contribution < 1.29 is 9.82 Å². The molecule has 5 nitrogen and oxygen atoms in total. The van der Waals surface area contributed by atoms with Crippen LogP contribution in [-0.4, -0.2) is 15.5 Å². The van der Waals surface area contributed by atoms with E-state index < -0.39 is 0 Å². The van der Waals surface area contributed by atoms with E-state index in [1.165, 1.54) is 21.7 Å². The van der Waals surface area contributed by atoms with Gasteiger partial charge < -0.3 is 9.47 Å². The van der Waals surface area contributed by atoms with E-state index in [1.54, 1.807) is 12.1 Å². The van der Waals surface area contributed by atoms with Crippen LogP contribution in [0.3, 0.4) is 0 Å². The smallest absolute Gasteiger partial charge is 0.269 e. The molecule has 0 aliphatic carbocycles. The van der Waals surface area contributed by atoms with Crippen LogP contribution in [0.5, 0.6) is 0 Å². The fraction of sp³-hybridized carbons (Fsp3) is 0.360. The number of nitro groups is 1. The van der Waals surface area contributed by atoms with E-state index in [9.17, 15) is 10.1 Å². The van der Waals surface area contributed by atoms with Crippen molar-refractivity contribution in [3.8, 4) is 0 Å². The zero-order chi connectivity index (χ0) is 21.7. The second-order valence-electron chi connectivity index (χ2n) is 8.58. The van der Waals surface area contributed by atoms with Crippen LogP contribution in [0.4, 0.5) is 5.69 Å². The van der Waals surface area contributed by atoms with E-state index >= 15 is 0 Å². The van der Waals surface area contributed by atoms with E-state index in [-0.39, 0.29) is 10.6 Å². The number of non-ortho nitro benzene ring substituents is 1. The number of nitrogens with zero attached hydrogens (tertiary/aromatic N) is 2. The molecule has 1 unspecified atom stereocenters. The van der Waals surface area contributed by atoms with Gasteiger partial charge in [0.05, 0.1) is 16.7 Å². The largest absolute Gasteiger partial charge is 0.342 e. The summed E-state index contributed by atoms with van der Waals surface area (Å²) in [5.74, 6) is 0.540. The minimum Gasteiger partial charge on any atom is -0.342 e. The van der Waals surface area contributed by atoms with Crippen molar-refractivity contribution in [2.24, 2.45) is 5.92 Å². The lowest BCUT2D eigenvalue weighted by molar-refractivity contribution is -0.954. The molecular weight excluding hydrogens is 374 g/mol. The van der Waals surface area contributed by atoms with Gasteiger partial charge in [0, 0.05) is 36.4 Å². The number of quaternary nitrogens is 1. The lowest BCUT2D eigenvalue weighted by Crippen LogP contribution is -3.13. The first kappa shape index (κ1) is 21.8. The summed E-state index contributed by atoms with van der Waals surface area (Å²) < 4.78 is 2.33. The first-order chi connectivity index (χ1) is 14.3. The molecule has 0 aliphatic heterocycles. The van der Waals surface area contributed by atoms with Gasteiger partial charge in [0.15, 0.2) is 0 Å². The van der Waals surface area contributed by atoms with Crippen molar-refractivity contribution in [2.75, 3.05) is 0 Å². The van der Waals surface area contributed by atoms with Gasteiger partial charge in [-0.2, -0.15) is 0 Å². The highest BCUT2D eigenvalue weighted by atomic mass is 16.6. The van der Waals surface area contributed by atoms with Crippen LogP contribution in [0.15, 0.2) is 66.9 Å². The molecule has 3 aromatic rings. The lowest BCUT2D eigenvalue weighted by Gasteiger charge is -2.29. The fourth-order valence-corrected chi connectivity index (χ4v) is 3.86. The number of hydrogen-bond donors (Lipinski definition) is 1. The first-order valence-electron chi connectivity index (χ1n) is 10.6. The van der Waals surface area contributed by atoms with Crippen molar-refractivity contribution >= 4 is 5.69 Å². The van der Waals surface area contributed by atoms with Gasteiger partial charge >= 0.3 is 0 Å². The Balaban J connectivity index is 1.79. The van der Waals surface area contributed by atoms with Gasteiger partial charge in [-0.05, 0) is 43.7 Å². The van der Waals surface area contributed by atoms with E-state index in [4.69, 9.17) is 0 Å². The van der Waals surface area contributed by atoms with Gasteiger partial charge in [-0.15, -0.1) is 0 Å². The van der Waals surface area contributed by atoms with Crippen molar-refractivity contribution in [3.63, 3.8) is 0 Å². The summed E-state index contributed by atoms with van der Waals surface area (Å²) in [6.45, 7) is 11.5. The number of hydrogen-bond acceptors (Lipinski definition) is 2. The highest BCUT2D eigenvalue weighted by Crippen LogP contribution is 2.13. The maximum Gasteiger partial charge on any atom is 0.269 e. The van der Waals surface area contributed by atoms with Crippen molar-refractivity contribution in [3.05, 3.63) is 99.4 Å². The van der Waals surface area contributed by atoms with Crippen LogP contribution in [-0.2, 0) is 19.6 Å². The van der Waals surface area contributed by atoms with Crippen LogP contribution in [0, 0.1) is 23.0 Å². The number of rotatable bonds is 9. The number of aryl methyl sites for hydroxylation is 1. The second-order valence-corrected chi connectivity index (χ2v) is 8.58. The number of nitrogens with one attached hydrogen (secondary N) is 1. The topological polar surface area (TPSA) is 52.5 Å². The molecule has 0 radical (unpaired) electrons. The van der Waals surface area contributed by atoms with Gasteiger partial charge in [0.25, 0.3) is 5.69 Å². The predicted octanol–water partition coefficient (Wildman–Crippen LogP) is 4.38. The molecule has 0 bridgehead atoms. The van der Waals surface area contributed by atoms with Crippen molar-refractivity contribution in [2.45, 2.75) is 53.4 Å². The molecule has 2 aromatic carbocycles. The molecule has 0 amide bonds. The van der Waals surface area contributed by atoms with Crippen molar-refractivity contribution in [1.29, 1.82) is 0 Å². The van der Waals surface area contributed by atoms with E-state index in [2.05, 4.69) is 74.9 Å². The Kier molecular flexibility index (Phi) is 7.06. The monoisotopic (exact) mass is 406 g/mol. The summed E-state index contributed by atoms with van der Waals surface area (Å²) in [4.78, 5) is 12.1. The Labute approximate surface area is 179 Å². The second kappa shape index (κ2) is 9.72. The lowest BCUT2D eigenvalue weighted by atomic mass is 10.0. The van der Waals surface area contributed by atoms with Crippen LogP contribution in [0.1, 0.15) is 43.2 Å². The van der Waals surface area contributed by atoms with Gasteiger partial charge in [-0.1, -0.05) is 43.7 Å². The molecule has 0 saturated heterocycles. The molecule has 1 N–H and O–H groups in total. The van der Waals surface area contributed by atoms with Crippen LogP contribution in [0.25, 0.3) is 0 Å². The Bertz CT molecular complexity index is 976. The maximum atomic E-state index is 10.9. The Morgan fingerprint density at radius 3 is 2.33 bits per heavy atom. The number of nitro benzene ring substituents is 1. The minimum absolute atomic E-state index is 0.143.